The lowest BCUT2D eigenvalue weighted by molar-refractivity contribution is -0.0311. The number of hydrogen-bond donors (Lipinski definition) is 1. The first-order chi connectivity index (χ1) is 8.18. The molecule has 4 heteroatoms. The van der Waals surface area contributed by atoms with Gasteiger partial charge >= 0.3 is 0 Å². The van der Waals surface area contributed by atoms with Crippen LogP contribution in [0.15, 0.2) is 0 Å². The Hall–Kier alpha value is -0.160. The van der Waals surface area contributed by atoms with E-state index in [4.69, 9.17) is 4.74 Å². The predicted octanol–water partition coefficient (Wildman–Crippen LogP) is 0.389. The number of likely N-dealkylation sites (tertiary alicyclic amines) is 1. The van der Waals surface area contributed by atoms with E-state index in [0.29, 0.717) is 18.2 Å². The molecule has 2 rings (SSSR count). The lowest BCUT2D eigenvalue weighted by Gasteiger charge is -2.38. The Morgan fingerprint density at radius 3 is 2.94 bits per heavy atom. The van der Waals surface area contributed by atoms with Crippen molar-refractivity contribution in [3.8, 4) is 0 Å². The summed E-state index contributed by atoms with van der Waals surface area (Å²) >= 11 is 0. The Kier molecular flexibility index (Phi) is 4.79. The van der Waals surface area contributed by atoms with Gasteiger partial charge in [0.25, 0.3) is 0 Å². The highest BCUT2D eigenvalue weighted by Crippen LogP contribution is 2.23. The summed E-state index contributed by atoms with van der Waals surface area (Å²) < 4.78 is 5.89. The van der Waals surface area contributed by atoms with Gasteiger partial charge < -0.3 is 15.0 Å². The van der Waals surface area contributed by atoms with Gasteiger partial charge in [-0.25, -0.2) is 0 Å². The Morgan fingerprint density at radius 2 is 2.29 bits per heavy atom. The van der Waals surface area contributed by atoms with Crippen LogP contribution in [-0.2, 0) is 4.74 Å². The molecule has 3 unspecified atom stereocenters. The maximum Gasteiger partial charge on any atom is 0.0852 e. The lowest BCUT2D eigenvalue weighted by Crippen LogP contribution is -2.53. The van der Waals surface area contributed by atoms with Crippen LogP contribution < -0.4 is 5.32 Å². The second kappa shape index (κ2) is 6.14. The molecule has 0 aromatic rings. The summed E-state index contributed by atoms with van der Waals surface area (Å²) in [6, 6.07) is 1.25. The number of hydrogen-bond acceptors (Lipinski definition) is 4. The molecule has 0 spiro atoms. The van der Waals surface area contributed by atoms with Gasteiger partial charge in [0.05, 0.1) is 12.7 Å². The van der Waals surface area contributed by atoms with Crippen molar-refractivity contribution in [2.45, 2.75) is 38.0 Å². The molecule has 2 saturated heterocycles. The van der Waals surface area contributed by atoms with Gasteiger partial charge in [0.1, 0.15) is 0 Å². The molecular weight excluding hydrogens is 214 g/mol. The van der Waals surface area contributed by atoms with Crippen LogP contribution in [0.4, 0.5) is 0 Å². The molecule has 1 N–H and O–H groups in total. The minimum absolute atomic E-state index is 0.367. The number of likely N-dealkylation sites (N-methyl/N-ethyl adjacent to an activating group) is 1. The van der Waals surface area contributed by atoms with Crippen LogP contribution in [0.1, 0.15) is 19.8 Å². The van der Waals surface area contributed by atoms with Crippen molar-refractivity contribution in [2.75, 3.05) is 46.9 Å². The largest absolute Gasteiger partial charge is 0.374 e. The van der Waals surface area contributed by atoms with Gasteiger partial charge in [0.2, 0.25) is 0 Å². The molecule has 0 bridgehead atoms. The minimum atomic E-state index is 0.367. The first-order valence-electron chi connectivity index (χ1n) is 6.91. The summed E-state index contributed by atoms with van der Waals surface area (Å²) in [7, 11) is 4.33. The summed E-state index contributed by atoms with van der Waals surface area (Å²) in [5, 5.41) is 3.43. The van der Waals surface area contributed by atoms with Crippen molar-refractivity contribution >= 4 is 0 Å². The van der Waals surface area contributed by atoms with Gasteiger partial charge in [0.15, 0.2) is 0 Å². The monoisotopic (exact) mass is 241 g/mol. The van der Waals surface area contributed by atoms with Crippen molar-refractivity contribution in [3.63, 3.8) is 0 Å². The third-order valence-corrected chi connectivity index (χ3v) is 4.02. The summed E-state index contributed by atoms with van der Waals surface area (Å²) in [5.74, 6) is 0. The van der Waals surface area contributed by atoms with Crippen LogP contribution in [0.2, 0.25) is 0 Å². The first-order valence-corrected chi connectivity index (χ1v) is 6.91. The van der Waals surface area contributed by atoms with Gasteiger partial charge in [0, 0.05) is 31.7 Å². The maximum atomic E-state index is 5.89. The molecule has 2 fully saturated rings. The molecule has 0 radical (unpaired) electrons. The fourth-order valence-electron chi connectivity index (χ4n) is 3.12. The van der Waals surface area contributed by atoms with E-state index in [9.17, 15) is 0 Å². The molecule has 3 atom stereocenters. The van der Waals surface area contributed by atoms with E-state index in [0.717, 1.165) is 19.7 Å². The smallest absolute Gasteiger partial charge is 0.0852 e. The molecule has 2 aliphatic rings. The molecule has 0 aromatic carbocycles. The molecule has 4 nitrogen and oxygen atoms in total. The van der Waals surface area contributed by atoms with E-state index in [-0.39, 0.29) is 0 Å². The Morgan fingerprint density at radius 1 is 1.47 bits per heavy atom. The van der Waals surface area contributed by atoms with Crippen LogP contribution >= 0.6 is 0 Å². The normalized spacial score (nSPS) is 33.2. The average molecular weight is 241 g/mol. The number of nitrogens with zero attached hydrogens (tertiary/aromatic N) is 2. The van der Waals surface area contributed by atoms with Crippen molar-refractivity contribution in [2.24, 2.45) is 0 Å². The van der Waals surface area contributed by atoms with E-state index in [1.165, 1.54) is 25.9 Å². The fraction of sp³-hybridized carbons (Fsp3) is 1.00. The molecule has 2 heterocycles. The summed E-state index contributed by atoms with van der Waals surface area (Å²) in [5.41, 5.74) is 0. The van der Waals surface area contributed by atoms with Crippen LogP contribution in [0.5, 0.6) is 0 Å². The highest BCUT2D eigenvalue weighted by Gasteiger charge is 2.33. The average Bonchev–Trinajstić information content (AvgIpc) is 2.76. The summed E-state index contributed by atoms with van der Waals surface area (Å²) in [4.78, 5) is 4.95. The maximum absolute atomic E-state index is 5.89. The summed E-state index contributed by atoms with van der Waals surface area (Å²) in [6.45, 7) is 7.60. The van der Waals surface area contributed by atoms with Gasteiger partial charge in [-0.3, -0.25) is 4.90 Å². The zero-order valence-corrected chi connectivity index (χ0v) is 11.5. The SMILES string of the molecule is CC(C1CNCCO1)N1CCCC1CN(C)C. The van der Waals surface area contributed by atoms with Crippen molar-refractivity contribution in [1.82, 2.24) is 15.1 Å². The third-order valence-electron chi connectivity index (χ3n) is 4.02. The summed E-state index contributed by atoms with van der Waals surface area (Å²) in [6.07, 6.45) is 3.04. The topological polar surface area (TPSA) is 27.7 Å². The van der Waals surface area contributed by atoms with Crippen molar-refractivity contribution in [1.29, 1.82) is 0 Å². The van der Waals surface area contributed by atoms with E-state index in [2.05, 4.69) is 36.1 Å². The van der Waals surface area contributed by atoms with E-state index in [1.54, 1.807) is 0 Å². The van der Waals surface area contributed by atoms with Crippen LogP contribution in [-0.4, -0.2) is 74.9 Å². The zero-order chi connectivity index (χ0) is 12.3. The van der Waals surface area contributed by atoms with Gasteiger partial charge in [-0.15, -0.1) is 0 Å². The van der Waals surface area contributed by atoms with Crippen LogP contribution in [0.3, 0.4) is 0 Å². The highest BCUT2D eigenvalue weighted by molar-refractivity contribution is 4.89. The predicted molar refractivity (Wildman–Crippen MR) is 70.4 cm³/mol. The van der Waals surface area contributed by atoms with Crippen molar-refractivity contribution < 1.29 is 4.74 Å². The van der Waals surface area contributed by atoms with Crippen LogP contribution in [0.25, 0.3) is 0 Å². The molecule has 100 valence electrons. The first kappa shape index (κ1) is 13.3. The third kappa shape index (κ3) is 3.41. The lowest BCUT2D eigenvalue weighted by atomic mass is 10.1. The van der Waals surface area contributed by atoms with Gasteiger partial charge in [-0.2, -0.15) is 0 Å². The second-order valence-corrected chi connectivity index (χ2v) is 5.65. The Balaban J connectivity index is 1.90. The Bertz CT molecular complexity index is 229. The van der Waals surface area contributed by atoms with E-state index < -0.39 is 0 Å². The number of ether oxygens (including phenoxy) is 1. The molecule has 0 aromatic heterocycles. The second-order valence-electron chi connectivity index (χ2n) is 5.65. The minimum Gasteiger partial charge on any atom is -0.374 e. The van der Waals surface area contributed by atoms with Crippen LogP contribution in [0, 0.1) is 0 Å². The number of rotatable bonds is 4. The standard InChI is InChI=1S/C13H27N3O/c1-11(13-9-14-6-8-17-13)16-7-4-5-12(16)10-15(2)3/h11-14H,4-10H2,1-3H3. The zero-order valence-electron chi connectivity index (χ0n) is 11.5. The van der Waals surface area contributed by atoms with Gasteiger partial charge in [-0.1, -0.05) is 0 Å². The molecule has 0 saturated carbocycles. The van der Waals surface area contributed by atoms with E-state index in [1.807, 2.05) is 0 Å². The van der Waals surface area contributed by atoms with Crippen molar-refractivity contribution in [3.05, 3.63) is 0 Å². The fourth-order valence-corrected chi connectivity index (χ4v) is 3.12. The Labute approximate surface area is 105 Å². The molecule has 0 aliphatic carbocycles. The van der Waals surface area contributed by atoms with Gasteiger partial charge in [-0.05, 0) is 40.4 Å². The van der Waals surface area contributed by atoms with E-state index >= 15 is 0 Å². The molecule has 2 aliphatic heterocycles. The number of morpholine rings is 1. The molecule has 0 amide bonds. The molecule has 17 heavy (non-hydrogen) atoms. The quantitative estimate of drug-likeness (QED) is 0.770. The number of nitrogens with one attached hydrogen (secondary N) is 1. The molecular formula is C13H27N3O. The highest BCUT2D eigenvalue weighted by atomic mass is 16.5.